The van der Waals surface area contributed by atoms with Crippen molar-refractivity contribution in [2.75, 3.05) is 0 Å². The molecular formula is C9H7N4. The Bertz CT molecular complexity index is 322. The molecule has 0 fully saturated rings. The number of para-hydroxylation sites is 1. The van der Waals surface area contributed by atoms with Crippen molar-refractivity contribution in [1.82, 2.24) is 20.7 Å². The van der Waals surface area contributed by atoms with Gasteiger partial charge >= 0.3 is 0 Å². The van der Waals surface area contributed by atoms with E-state index in [1.807, 2.05) is 30.3 Å². The predicted octanol–water partition coefficient (Wildman–Crippen LogP) is 1.44. The van der Waals surface area contributed by atoms with E-state index in [0.717, 1.165) is 5.69 Å². The fourth-order valence-electron chi connectivity index (χ4n) is 0.929. The van der Waals surface area contributed by atoms with Gasteiger partial charge in [0, 0.05) is 6.07 Å². The van der Waals surface area contributed by atoms with Crippen molar-refractivity contribution in [3.8, 4) is 0 Å². The maximum atomic E-state index is 4.23. The fourth-order valence-corrected chi connectivity index (χ4v) is 0.929. The van der Waals surface area contributed by atoms with Crippen LogP contribution in [-0.2, 0) is 0 Å². The topological polar surface area (TPSA) is 52.8 Å². The molecule has 0 spiro atoms. The van der Waals surface area contributed by atoms with Gasteiger partial charge in [-0.15, -0.1) is 10.2 Å². The molecule has 0 saturated heterocycles. The first kappa shape index (κ1) is 7.67. The number of benzene rings is 1. The van der Waals surface area contributed by atoms with Crippen LogP contribution < -0.4 is 5.32 Å². The molecule has 63 valence electrons. The smallest absolute Gasteiger partial charge is 0.178 e. The summed E-state index contributed by atoms with van der Waals surface area (Å²) < 4.78 is 0. The normalized spacial score (nSPS) is 9.54. The molecule has 0 bridgehead atoms. The maximum Gasteiger partial charge on any atom is 0.178 e. The van der Waals surface area contributed by atoms with Crippen LogP contribution in [0.3, 0.4) is 0 Å². The second-order valence-electron chi connectivity index (χ2n) is 2.43. The van der Waals surface area contributed by atoms with E-state index in [9.17, 15) is 0 Å². The average molecular weight is 171 g/mol. The summed E-state index contributed by atoms with van der Waals surface area (Å²) >= 11 is 0. The van der Waals surface area contributed by atoms with Gasteiger partial charge in [0.05, 0.1) is 11.9 Å². The molecule has 1 heterocycles. The highest BCUT2D eigenvalue weighted by atomic mass is 15.3. The summed E-state index contributed by atoms with van der Waals surface area (Å²) in [6.45, 7) is 0. The Morgan fingerprint density at radius 2 is 1.85 bits per heavy atom. The van der Waals surface area contributed by atoms with E-state index in [2.05, 4.69) is 20.7 Å². The Morgan fingerprint density at radius 1 is 1.00 bits per heavy atom. The van der Waals surface area contributed by atoms with Crippen LogP contribution in [0.2, 0.25) is 0 Å². The Morgan fingerprint density at radius 3 is 2.54 bits per heavy atom. The van der Waals surface area contributed by atoms with Crippen molar-refractivity contribution in [2.45, 2.75) is 0 Å². The van der Waals surface area contributed by atoms with E-state index in [4.69, 9.17) is 0 Å². The van der Waals surface area contributed by atoms with Crippen molar-refractivity contribution >= 4 is 11.5 Å². The second-order valence-corrected chi connectivity index (χ2v) is 2.43. The first-order chi connectivity index (χ1) is 6.45. The summed E-state index contributed by atoms with van der Waals surface area (Å²) in [5.41, 5.74) is 0.864. The molecule has 0 amide bonds. The lowest BCUT2D eigenvalue weighted by Crippen LogP contribution is -1.94. The largest absolute Gasteiger partial charge is 0.228 e. The van der Waals surface area contributed by atoms with Crippen LogP contribution in [0.25, 0.3) is 0 Å². The molecule has 0 N–H and O–H groups in total. The first-order valence-corrected chi connectivity index (χ1v) is 3.86. The quantitative estimate of drug-likeness (QED) is 0.687. The van der Waals surface area contributed by atoms with Crippen LogP contribution in [0.15, 0.2) is 42.6 Å². The SMILES string of the molecule is c1ccc([N]c2ccnnn2)cc1. The molecule has 0 aliphatic carbocycles. The third-order valence-corrected chi connectivity index (χ3v) is 1.49. The Labute approximate surface area is 75.6 Å². The predicted molar refractivity (Wildman–Crippen MR) is 47.7 cm³/mol. The third-order valence-electron chi connectivity index (χ3n) is 1.49. The minimum Gasteiger partial charge on any atom is -0.228 e. The monoisotopic (exact) mass is 171 g/mol. The minimum atomic E-state index is 0.571. The van der Waals surface area contributed by atoms with Gasteiger partial charge < -0.3 is 0 Å². The van der Waals surface area contributed by atoms with Crippen LogP contribution in [0.1, 0.15) is 0 Å². The van der Waals surface area contributed by atoms with E-state index in [1.165, 1.54) is 0 Å². The molecule has 1 aromatic heterocycles. The molecule has 4 nitrogen and oxygen atoms in total. The average Bonchev–Trinajstić information content (AvgIpc) is 2.21. The molecule has 0 saturated carbocycles. The van der Waals surface area contributed by atoms with Gasteiger partial charge in [-0.05, 0) is 17.3 Å². The van der Waals surface area contributed by atoms with E-state index in [0.29, 0.717) is 5.82 Å². The highest BCUT2D eigenvalue weighted by molar-refractivity contribution is 5.43. The van der Waals surface area contributed by atoms with Gasteiger partial charge in [0.25, 0.3) is 0 Å². The standard InChI is InChI=1S/C9H7N4/c1-2-4-8(5-3-1)11-9-6-7-10-13-12-9/h1-7H. The lowest BCUT2D eigenvalue weighted by atomic mass is 10.3. The number of aromatic nitrogens is 3. The van der Waals surface area contributed by atoms with E-state index in [1.54, 1.807) is 12.3 Å². The lowest BCUT2D eigenvalue weighted by molar-refractivity contribution is 0.844. The minimum absolute atomic E-state index is 0.571. The van der Waals surface area contributed by atoms with Gasteiger partial charge in [-0.25, -0.2) is 5.32 Å². The van der Waals surface area contributed by atoms with Gasteiger partial charge in [0.15, 0.2) is 5.82 Å². The number of hydrogen-bond acceptors (Lipinski definition) is 3. The van der Waals surface area contributed by atoms with Crippen LogP contribution >= 0.6 is 0 Å². The summed E-state index contributed by atoms with van der Waals surface area (Å²) in [6, 6.07) is 11.3. The zero-order chi connectivity index (χ0) is 8.93. The Hall–Kier alpha value is -1.97. The van der Waals surface area contributed by atoms with Crippen molar-refractivity contribution < 1.29 is 0 Å². The molecule has 4 heteroatoms. The van der Waals surface area contributed by atoms with Crippen molar-refractivity contribution in [1.29, 1.82) is 0 Å². The third kappa shape index (κ3) is 1.99. The molecule has 1 aromatic carbocycles. The van der Waals surface area contributed by atoms with E-state index < -0.39 is 0 Å². The molecule has 1 radical (unpaired) electrons. The molecule has 0 aliphatic heterocycles. The van der Waals surface area contributed by atoms with Crippen molar-refractivity contribution in [3.05, 3.63) is 42.6 Å². The summed E-state index contributed by atoms with van der Waals surface area (Å²) in [4.78, 5) is 0. The molecule has 0 atom stereocenters. The summed E-state index contributed by atoms with van der Waals surface area (Å²) in [5.74, 6) is 0.571. The molecule has 2 aromatic rings. The first-order valence-electron chi connectivity index (χ1n) is 3.86. The molecule has 13 heavy (non-hydrogen) atoms. The van der Waals surface area contributed by atoms with Gasteiger partial charge in [0.1, 0.15) is 0 Å². The highest BCUT2D eigenvalue weighted by Crippen LogP contribution is 2.11. The zero-order valence-corrected chi connectivity index (χ0v) is 6.83. The summed E-state index contributed by atoms with van der Waals surface area (Å²) in [5, 5.41) is 15.0. The van der Waals surface area contributed by atoms with Crippen molar-refractivity contribution in [3.63, 3.8) is 0 Å². The van der Waals surface area contributed by atoms with Crippen LogP contribution in [-0.4, -0.2) is 15.4 Å². The van der Waals surface area contributed by atoms with E-state index >= 15 is 0 Å². The summed E-state index contributed by atoms with van der Waals surface area (Å²) in [6.07, 6.45) is 1.56. The number of hydrogen-bond donors (Lipinski definition) is 0. The zero-order valence-electron chi connectivity index (χ0n) is 6.83. The number of rotatable bonds is 2. The second kappa shape index (κ2) is 3.62. The van der Waals surface area contributed by atoms with Crippen molar-refractivity contribution in [2.24, 2.45) is 0 Å². The van der Waals surface area contributed by atoms with E-state index in [-0.39, 0.29) is 0 Å². The maximum absolute atomic E-state index is 4.23. The molecule has 0 unspecified atom stereocenters. The van der Waals surface area contributed by atoms with Crippen LogP contribution in [0, 0.1) is 0 Å². The lowest BCUT2D eigenvalue weighted by Gasteiger charge is -1.98. The Kier molecular flexibility index (Phi) is 2.14. The molecular weight excluding hydrogens is 164 g/mol. The van der Waals surface area contributed by atoms with Gasteiger partial charge in [-0.1, -0.05) is 18.2 Å². The van der Waals surface area contributed by atoms with Gasteiger partial charge in [0.2, 0.25) is 0 Å². The Balaban J connectivity index is 2.16. The van der Waals surface area contributed by atoms with Crippen LogP contribution in [0.4, 0.5) is 11.5 Å². The highest BCUT2D eigenvalue weighted by Gasteiger charge is 1.95. The van der Waals surface area contributed by atoms with Crippen LogP contribution in [0.5, 0.6) is 0 Å². The fraction of sp³-hybridized carbons (Fsp3) is 0. The molecule has 2 rings (SSSR count). The number of nitrogens with zero attached hydrogens (tertiary/aromatic N) is 4. The van der Waals surface area contributed by atoms with Gasteiger partial charge in [-0.3, -0.25) is 0 Å². The van der Waals surface area contributed by atoms with Gasteiger partial charge in [-0.2, -0.15) is 0 Å². The molecule has 0 aliphatic rings. The summed E-state index contributed by atoms with van der Waals surface area (Å²) in [7, 11) is 0.